The van der Waals surface area contributed by atoms with Crippen molar-refractivity contribution < 1.29 is 4.42 Å². The van der Waals surface area contributed by atoms with Gasteiger partial charge in [0.2, 0.25) is 0 Å². The lowest BCUT2D eigenvalue weighted by molar-refractivity contribution is 0.484. The molecule has 0 unspecified atom stereocenters. The van der Waals surface area contributed by atoms with Crippen molar-refractivity contribution in [1.29, 1.82) is 0 Å². The summed E-state index contributed by atoms with van der Waals surface area (Å²) in [5, 5.41) is 3.40. The molecule has 108 valence electrons. The minimum Gasteiger partial charge on any atom is -0.467 e. The summed E-state index contributed by atoms with van der Waals surface area (Å²) in [6.45, 7) is 8.50. The van der Waals surface area contributed by atoms with E-state index in [1.807, 2.05) is 0 Å². The lowest BCUT2D eigenvalue weighted by atomic mass is 9.98. The van der Waals surface area contributed by atoms with Crippen LogP contribution in [-0.4, -0.2) is 6.54 Å². The van der Waals surface area contributed by atoms with Gasteiger partial charge in [0.15, 0.2) is 0 Å². The Morgan fingerprint density at radius 3 is 2.80 bits per heavy atom. The Balaban J connectivity index is 2.16. The SMILES string of the molecule is CCCNCc1occc1-c1cccc(CC(C)C)c1. The molecule has 1 heterocycles. The van der Waals surface area contributed by atoms with Gasteiger partial charge in [-0.05, 0) is 42.5 Å². The van der Waals surface area contributed by atoms with E-state index in [9.17, 15) is 0 Å². The van der Waals surface area contributed by atoms with Gasteiger partial charge in [0.25, 0.3) is 0 Å². The van der Waals surface area contributed by atoms with Gasteiger partial charge in [-0.15, -0.1) is 0 Å². The van der Waals surface area contributed by atoms with Gasteiger partial charge in [-0.3, -0.25) is 0 Å². The summed E-state index contributed by atoms with van der Waals surface area (Å²) in [6, 6.07) is 10.9. The van der Waals surface area contributed by atoms with Crippen LogP contribution in [-0.2, 0) is 13.0 Å². The summed E-state index contributed by atoms with van der Waals surface area (Å²) in [7, 11) is 0. The third-order valence-corrected chi connectivity index (χ3v) is 3.34. The molecule has 0 amide bonds. The monoisotopic (exact) mass is 271 g/mol. The van der Waals surface area contributed by atoms with Crippen LogP contribution in [0.1, 0.15) is 38.5 Å². The molecule has 0 radical (unpaired) electrons. The van der Waals surface area contributed by atoms with Gasteiger partial charge in [-0.25, -0.2) is 0 Å². The van der Waals surface area contributed by atoms with Gasteiger partial charge in [0, 0.05) is 5.56 Å². The highest BCUT2D eigenvalue weighted by Crippen LogP contribution is 2.26. The second-order valence-electron chi connectivity index (χ2n) is 5.73. The molecule has 0 bridgehead atoms. The first-order valence-electron chi connectivity index (χ1n) is 7.57. The topological polar surface area (TPSA) is 25.2 Å². The summed E-state index contributed by atoms with van der Waals surface area (Å²) in [5.74, 6) is 1.71. The van der Waals surface area contributed by atoms with Crippen LogP contribution in [0.3, 0.4) is 0 Å². The Kier molecular flexibility index (Phi) is 5.42. The molecule has 1 N–H and O–H groups in total. The Morgan fingerprint density at radius 1 is 1.20 bits per heavy atom. The minimum absolute atomic E-state index is 0.681. The van der Waals surface area contributed by atoms with E-state index in [0.29, 0.717) is 5.92 Å². The smallest absolute Gasteiger partial charge is 0.125 e. The first kappa shape index (κ1) is 14.9. The number of hydrogen-bond acceptors (Lipinski definition) is 2. The minimum atomic E-state index is 0.681. The third kappa shape index (κ3) is 3.97. The van der Waals surface area contributed by atoms with Crippen molar-refractivity contribution >= 4 is 0 Å². The predicted molar refractivity (Wildman–Crippen MR) is 84.7 cm³/mol. The van der Waals surface area contributed by atoms with Crippen LogP contribution in [0.25, 0.3) is 11.1 Å². The van der Waals surface area contributed by atoms with E-state index in [2.05, 4.69) is 56.4 Å². The first-order valence-corrected chi connectivity index (χ1v) is 7.57. The van der Waals surface area contributed by atoms with Crippen LogP contribution < -0.4 is 5.32 Å². The van der Waals surface area contributed by atoms with Crippen LogP contribution in [0.4, 0.5) is 0 Å². The molecule has 1 aromatic carbocycles. The highest BCUT2D eigenvalue weighted by Gasteiger charge is 2.09. The molecule has 0 aliphatic rings. The van der Waals surface area contributed by atoms with Gasteiger partial charge in [-0.2, -0.15) is 0 Å². The Bertz CT molecular complexity index is 528. The molecular formula is C18H25NO. The fourth-order valence-corrected chi connectivity index (χ4v) is 2.45. The summed E-state index contributed by atoms with van der Waals surface area (Å²) >= 11 is 0. The van der Waals surface area contributed by atoms with Gasteiger partial charge in [-0.1, -0.05) is 45.0 Å². The number of hydrogen-bond donors (Lipinski definition) is 1. The van der Waals surface area contributed by atoms with Gasteiger partial charge >= 0.3 is 0 Å². The van der Waals surface area contributed by atoms with Crippen molar-refractivity contribution in [1.82, 2.24) is 5.32 Å². The molecule has 0 fully saturated rings. The Labute approximate surface area is 122 Å². The number of benzene rings is 1. The summed E-state index contributed by atoms with van der Waals surface area (Å²) in [6.07, 6.45) is 4.04. The van der Waals surface area contributed by atoms with E-state index in [1.165, 1.54) is 16.7 Å². The van der Waals surface area contributed by atoms with Gasteiger partial charge in [0.05, 0.1) is 12.8 Å². The van der Waals surface area contributed by atoms with E-state index >= 15 is 0 Å². The second kappa shape index (κ2) is 7.30. The fraction of sp³-hybridized carbons (Fsp3) is 0.444. The molecule has 0 saturated carbocycles. The van der Waals surface area contributed by atoms with Crippen molar-refractivity contribution in [2.24, 2.45) is 5.92 Å². The molecule has 1 aromatic heterocycles. The van der Waals surface area contributed by atoms with Crippen molar-refractivity contribution in [3.63, 3.8) is 0 Å². The predicted octanol–water partition coefficient (Wildman–Crippen LogP) is 4.64. The number of nitrogens with one attached hydrogen (secondary N) is 1. The van der Waals surface area contributed by atoms with Crippen LogP contribution in [0.2, 0.25) is 0 Å². The fourth-order valence-electron chi connectivity index (χ4n) is 2.45. The number of furan rings is 1. The molecule has 0 spiro atoms. The molecule has 2 rings (SSSR count). The van der Waals surface area contributed by atoms with E-state index in [4.69, 9.17) is 4.42 Å². The van der Waals surface area contributed by atoms with E-state index < -0.39 is 0 Å². The summed E-state index contributed by atoms with van der Waals surface area (Å²) < 4.78 is 5.62. The van der Waals surface area contributed by atoms with Crippen LogP contribution >= 0.6 is 0 Å². The number of rotatable bonds is 7. The van der Waals surface area contributed by atoms with E-state index in [-0.39, 0.29) is 0 Å². The van der Waals surface area contributed by atoms with Crippen molar-refractivity contribution in [2.75, 3.05) is 6.54 Å². The normalized spacial score (nSPS) is 11.2. The maximum absolute atomic E-state index is 5.62. The Hall–Kier alpha value is -1.54. The maximum atomic E-state index is 5.62. The van der Waals surface area contributed by atoms with Crippen molar-refractivity contribution in [2.45, 2.75) is 40.2 Å². The quantitative estimate of drug-likeness (QED) is 0.742. The van der Waals surface area contributed by atoms with E-state index in [1.54, 1.807) is 6.26 Å². The molecule has 0 atom stereocenters. The summed E-state index contributed by atoms with van der Waals surface area (Å²) in [4.78, 5) is 0. The largest absolute Gasteiger partial charge is 0.467 e. The van der Waals surface area contributed by atoms with E-state index in [0.717, 1.165) is 31.7 Å². The first-order chi connectivity index (χ1) is 9.70. The second-order valence-corrected chi connectivity index (χ2v) is 5.73. The van der Waals surface area contributed by atoms with Crippen LogP contribution in [0, 0.1) is 5.92 Å². The van der Waals surface area contributed by atoms with Crippen LogP contribution in [0.5, 0.6) is 0 Å². The zero-order valence-corrected chi connectivity index (χ0v) is 12.8. The maximum Gasteiger partial charge on any atom is 0.125 e. The molecular weight excluding hydrogens is 246 g/mol. The zero-order chi connectivity index (χ0) is 14.4. The van der Waals surface area contributed by atoms with Crippen LogP contribution in [0.15, 0.2) is 41.0 Å². The highest BCUT2D eigenvalue weighted by atomic mass is 16.3. The average Bonchev–Trinajstić information content (AvgIpc) is 2.87. The summed E-state index contributed by atoms with van der Waals surface area (Å²) in [5.41, 5.74) is 3.86. The molecule has 0 saturated heterocycles. The van der Waals surface area contributed by atoms with Gasteiger partial charge in [0.1, 0.15) is 5.76 Å². The van der Waals surface area contributed by atoms with Crippen molar-refractivity contribution in [3.8, 4) is 11.1 Å². The average molecular weight is 271 g/mol. The standard InChI is InChI=1S/C18H25NO/c1-4-9-19-13-18-17(8-10-20-18)16-7-5-6-15(12-16)11-14(2)3/h5-8,10,12,14,19H,4,9,11,13H2,1-3H3. The lowest BCUT2D eigenvalue weighted by Gasteiger charge is -2.08. The van der Waals surface area contributed by atoms with Gasteiger partial charge < -0.3 is 9.73 Å². The molecule has 2 aromatic rings. The third-order valence-electron chi connectivity index (χ3n) is 3.34. The molecule has 0 aliphatic heterocycles. The lowest BCUT2D eigenvalue weighted by Crippen LogP contribution is -2.13. The molecule has 20 heavy (non-hydrogen) atoms. The molecule has 0 aliphatic carbocycles. The molecule has 2 heteroatoms. The highest BCUT2D eigenvalue weighted by molar-refractivity contribution is 5.66. The van der Waals surface area contributed by atoms with Crippen molar-refractivity contribution in [3.05, 3.63) is 47.9 Å². The Morgan fingerprint density at radius 2 is 2.05 bits per heavy atom. The molecule has 2 nitrogen and oxygen atoms in total. The zero-order valence-electron chi connectivity index (χ0n) is 12.8.